The van der Waals surface area contributed by atoms with Crippen molar-refractivity contribution in [3.05, 3.63) is 64.4 Å². The molecule has 4 nitrogen and oxygen atoms in total. The van der Waals surface area contributed by atoms with Crippen molar-refractivity contribution >= 4 is 23.2 Å². The monoisotopic (exact) mass is 321 g/mol. The van der Waals surface area contributed by atoms with Gasteiger partial charge in [0.2, 0.25) is 0 Å². The summed E-state index contributed by atoms with van der Waals surface area (Å²) in [5.41, 5.74) is 4.52. The van der Waals surface area contributed by atoms with Gasteiger partial charge in [0, 0.05) is 29.3 Å². The molecule has 0 saturated heterocycles. The summed E-state index contributed by atoms with van der Waals surface area (Å²) < 4.78 is 1.79. The van der Waals surface area contributed by atoms with E-state index < -0.39 is 0 Å². The fraction of sp³-hybridized carbons (Fsp3) is 0.167. The molecule has 5 heteroatoms. The van der Waals surface area contributed by atoms with Gasteiger partial charge in [0.1, 0.15) is 5.01 Å². The van der Waals surface area contributed by atoms with Crippen LogP contribution < -0.4 is 0 Å². The summed E-state index contributed by atoms with van der Waals surface area (Å²) in [5, 5.41) is 7.17. The Labute approximate surface area is 138 Å². The zero-order chi connectivity index (χ0) is 15.8. The number of rotatable bonds is 2. The van der Waals surface area contributed by atoms with Crippen LogP contribution in [0, 0.1) is 0 Å². The lowest BCUT2D eigenvalue weighted by Gasteiger charge is -2.14. The van der Waals surface area contributed by atoms with Crippen LogP contribution in [0.2, 0.25) is 0 Å². The first-order valence-electron chi connectivity index (χ1n) is 7.49. The van der Waals surface area contributed by atoms with E-state index in [0.29, 0.717) is 0 Å². The number of carbonyl (C=O) groups is 1. The van der Waals surface area contributed by atoms with Crippen molar-refractivity contribution in [3.8, 4) is 10.6 Å². The van der Waals surface area contributed by atoms with Gasteiger partial charge in [-0.1, -0.05) is 30.3 Å². The Morgan fingerprint density at radius 3 is 2.87 bits per heavy atom. The lowest BCUT2D eigenvalue weighted by Crippen LogP contribution is -2.15. The Morgan fingerprint density at radius 2 is 2.04 bits per heavy atom. The number of fused-ring (bicyclic) bond motifs is 1. The lowest BCUT2D eigenvalue weighted by molar-refractivity contribution is 0.102. The predicted molar refractivity (Wildman–Crippen MR) is 91.4 cm³/mol. The number of aryl methyl sites for hydroxylation is 1. The maximum absolute atomic E-state index is 12.6. The van der Waals surface area contributed by atoms with Gasteiger partial charge in [-0.05, 0) is 18.9 Å². The summed E-state index contributed by atoms with van der Waals surface area (Å²) in [7, 11) is 1.88. The van der Waals surface area contributed by atoms with Gasteiger partial charge in [-0.3, -0.25) is 9.48 Å². The zero-order valence-corrected chi connectivity index (χ0v) is 13.5. The standard InChI is InChI=1S/C18H15N3OS/c1-21-16-8-7-13(17(22)15(16)10-19-21)9-14-11-23-18(20-14)12-5-3-2-4-6-12/h2-6,9-11H,7-8H2,1H3/b13-9+. The van der Waals surface area contributed by atoms with Crippen LogP contribution in [0.4, 0.5) is 0 Å². The van der Waals surface area contributed by atoms with E-state index in [1.54, 1.807) is 22.2 Å². The number of benzene rings is 1. The van der Waals surface area contributed by atoms with Crippen molar-refractivity contribution in [3.63, 3.8) is 0 Å². The summed E-state index contributed by atoms with van der Waals surface area (Å²) in [6.07, 6.45) is 5.17. The van der Waals surface area contributed by atoms with E-state index in [9.17, 15) is 4.79 Å². The highest BCUT2D eigenvalue weighted by Crippen LogP contribution is 2.28. The molecule has 23 heavy (non-hydrogen) atoms. The van der Waals surface area contributed by atoms with Gasteiger partial charge in [-0.15, -0.1) is 11.3 Å². The minimum Gasteiger partial charge on any atom is -0.289 e. The van der Waals surface area contributed by atoms with E-state index in [0.717, 1.165) is 45.9 Å². The Morgan fingerprint density at radius 1 is 1.22 bits per heavy atom. The van der Waals surface area contributed by atoms with Crippen LogP contribution in [-0.4, -0.2) is 20.5 Å². The Bertz CT molecular complexity index is 906. The molecule has 0 amide bonds. The van der Waals surface area contributed by atoms with Crippen molar-refractivity contribution in [1.29, 1.82) is 0 Å². The number of hydrogen-bond acceptors (Lipinski definition) is 4. The Hall–Kier alpha value is -2.53. The second-order valence-corrected chi connectivity index (χ2v) is 6.43. The molecule has 0 saturated carbocycles. The fourth-order valence-corrected chi connectivity index (χ4v) is 3.65. The van der Waals surface area contributed by atoms with E-state index in [4.69, 9.17) is 0 Å². The molecule has 0 bridgehead atoms. The highest BCUT2D eigenvalue weighted by atomic mass is 32.1. The van der Waals surface area contributed by atoms with Crippen molar-refractivity contribution < 1.29 is 4.79 Å². The summed E-state index contributed by atoms with van der Waals surface area (Å²) in [6, 6.07) is 10.1. The van der Waals surface area contributed by atoms with Gasteiger partial charge in [0.25, 0.3) is 0 Å². The second kappa shape index (κ2) is 5.59. The molecule has 1 aliphatic carbocycles. The number of Topliss-reactive ketones (excluding diaryl/α,β-unsaturated/α-hetero) is 1. The number of thiazole rings is 1. The van der Waals surface area contributed by atoms with Crippen LogP contribution in [0.1, 0.15) is 28.2 Å². The molecule has 0 fully saturated rings. The van der Waals surface area contributed by atoms with Crippen LogP contribution in [0.15, 0.2) is 47.5 Å². The van der Waals surface area contributed by atoms with Crippen LogP contribution in [0.3, 0.4) is 0 Å². The average molecular weight is 321 g/mol. The van der Waals surface area contributed by atoms with E-state index >= 15 is 0 Å². The van der Waals surface area contributed by atoms with E-state index in [-0.39, 0.29) is 5.78 Å². The van der Waals surface area contributed by atoms with Crippen molar-refractivity contribution in [2.24, 2.45) is 7.05 Å². The van der Waals surface area contributed by atoms with E-state index in [2.05, 4.69) is 10.1 Å². The Balaban J connectivity index is 1.64. The lowest BCUT2D eigenvalue weighted by atomic mass is 9.91. The first kappa shape index (κ1) is 14.1. The number of hydrogen-bond donors (Lipinski definition) is 0. The van der Waals surface area contributed by atoms with Crippen LogP contribution >= 0.6 is 11.3 Å². The molecule has 0 radical (unpaired) electrons. The minimum absolute atomic E-state index is 0.0774. The number of carbonyl (C=O) groups excluding carboxylic acids is 1. The summed E-state index contributed by atoms with van der Waals surface area (Å²) in [5.74, 6) is 0.0774. The molecule has 114 valence electrons. The number of aromatic nitrogens is 3. The topological polar surface area (TPSA) is 47.8 Å². The molecule has 2 aromatic heterocycles. The molecule has 0 unspecified atom stereocenters. The highest BCUT2D eigenvalue weighted by molar-refractivity contribution is 7.13. The molecule has 4 rings (SSSR count). The van der Waals surface area contributed by atoms with Crippen LogP contribution in [0.5, 0.6) is 0 Å². The number of nitrogens with zero attached hydrogens (tertiary/aromatic N) is 3. The van der Waals surface area contributed by atoms with Gasteiger partial charge in [-0.2, -0.15) is 5.10 Å². The van der Waals surface area contributed by atoms with Crippen molar-refractivity contribution in [2.75, 3.05) is 0 Å². The third kappa shape index (κ3) is 2.53. The third-order valence-electron chi connectivity index (χ3n) is 4.09. The first-order chi connectivity index (χ1) is 11.2. The highest BCUT2D eigenvalue weighted by Gasteiger charge is 2.25. The molecule has 3 aromatic rings. The average Bonchev–Trinajstić information content (AvgIpc) is 3.19. The SMILES string of the molecule is Cn1ncc2c1CC/C(=C\c1csc(-c3ccccc3)n1)C2=O. The summed E-state index contributed by atoms with van der Waals surface area (Å²) >= 11 is 1.60. The molecule has 0 atom stereocenters. The molecular weight excluding hydrogens is 306 g/mol. The number of allylic oxidation sites excluding steroid dienone is 1. The molecule has 1 aliphatic rings. The van der Waals surface area contributed by atoms with Gasteiger partial charge < -0.3 is 0 Å². The molecule has 0 N–H and O–H groups in total. The fourth-order valence-electron chi connectivity index (χ4n) is 2.87. The Kier molecular flexibility index (Phi) is 3.42. The van der Waals surface area contributed by atoms with E-state index in [1.165, 1.54) is 0 Å². The number of ketones is 1. The molecule has 2 heterocycles. The predicted octanol–water partition coefficient (Wildman–Crippen LogP) is 3.76. The maximum atomic E-state index is 12.6. The van der Waals surface area contributed by atoms with Crippen LogP contribution in [0.25, 0.3) is 16.6 Å². The van der Waals surface area contributed by atoms with Gasteiger partial charge in [-0.25, -0.2) is 4.98 Å². The quantitative estimate of drug-likeness (QED) is 0.675. The summed E-state index contributed by atoms with van der Waals surface area (Å²) in [6.45, 7) is 0. The molecular formula is C18H15N3OS. The smallest absolute Gasteiger partial charge is 0.192 e. The first-order valence-corrected chi connectivity index (χ1v) is 8.37. The molecule has 0 aliphatic heterocycles. The van der Waals surface area contributed by atoms with E-state index in [1.807, 2.05) is 48.8 Å². The van der Waals surface area contributed by atoms with Gasteiger partial charge >= 0.3 is 0 Å². The minimum atomic E-state index is 0.0774. The maximum Gasteiger partial charge on any atom is 0.192 e. The van der Waals surface area contributed by atoms with Crippen LogP contribution in [-0.2, 0) is 13.5 Å². The van der Waals surface area contributed by atoms with Crippen molar-refractivity contribution in [2.45, 2.75) is 12.8 Å². The normalized spacial score (nSPS) is 15.9. The molecule has 0 spiro atoms. The third-order valence-corrected chi connectivity index (χ3v) is 5.00. The van der Waals surface area contributed by atoms with Crippen molar-refractivity contribution in [1.82, 2.24) is 14.8 Å². The molecule has 1 aromatic carbocycles. The second-order valence-electron chi connectivity index (χ2n) is 5.57. The van der Waals surface area contributed by atoms with Gasteiger partial charge in [0.15, 0.2) is 5.78 Å². The largest absolute Gasteiger partial charge is 0.289 e. The van der Waals surface area contributed by atoms with Gasteiger partial charge in [0.05, 0.1) is 17.5 Å². The zero-order valence-electron chi connectivity index (χ0n) is 12.7. The summed E-state index contributed by atoms with van der Waals surface area (Å²) in [4.78, 5) is 17.2.